The lowest BCUT2D eigenvalue weighted by Crippen LogP contribution is -2.53. The van der Waals surface area contributed by atoms with Crippen LogP contribution in [0.2, 0.25) is 0 Å². The van der Waals surface area contributed by atoms with Gasteiger partial charge in [-0.2, -0.15) is 0 Å². The van der Waals surface area contributed by atoms with E-state index < -0.39 is 0 Å². The zero-order valence-electron chi connectivity index (χ0n) is 13.2. The largest absolute Gasteiger partial charge is 0.488 e. The van der Waals surface area contributed by atoms with Crippen molar-refractivity contribution in [1.29, 1.82) is 0 Å². The first-order valence-corrected chi connectivity index (χ1v) is 7.93. The molecule has 2 aromatic carbocycles. The number of hydrogen-bond acceptors (Lipinski definition) is 2. The average molecular weight is 283 g/mol. The molecule has 0 bridgehead atoms. The van der Waals surface area contributed by atoms with Crippen molar-refractivity contribution in [2.24, 2.45) is 5.41 Å². The van der Waals surface area contributed by atoms with E-state index in [4.69, 9.17) is 4.74 Å². The molecule has 2 unspecified atom stereocenters. The van der Waals surface area contributed by atoms with Gasteiger partial charge in [0, 0.05) is 11.4 Å². The summed E-state index contributed by atoms with van der Waals surface area (Å²) in [7, 11) is 2.05. The van der Waals surface area contributed by atoms with Crippen molar-refractivity contribution >= 4 is 10.8 Å². The third kappa shape index (κ3) is 2.77. The van der Waals surface area contributed by atoms with Crippen molar-refractivity contribution in [3.05, 3.63) is 42.5 Å². The minimum absolute atomic E-state index is 0.240. The number of ether oxygens (including phenoxy) is 1. The fourth-order valence-corrected chi connectivity index (χ4v) is 3.75. The zero-order chi connectivity index (χ0) is 14.9. The van der Waals surface area contributed by atoms with Gasteiger partial charge in [-0.15, -0.1) is 0 Å². The van der Waals surface area contributed by atoms with Gasteiger partial charge >= 0.3 is 0 Å². The third-order valence-corrected chi connectivity index (χ3v) is 4.86. The maximum Gasteiger partial charge on any atom is 0.127 e. The molecule has 1 aliphatic carbocycles. The lowest BCUT2D eigenvalue weighted by atomic mass is 9.72. The van der Waals surface area contributed by atoms with Crippen molar-refractivity contribution < 1.29 is 4.74 Å². The van der Waals surface area contributed by atoms with E-state index in [1.807, 2.05) is 0 Å². The van der Waals surface area contributed by atoms with Gasteiger partial charge in [0.25, 0.3) is 0 Å². The summed E-state index contributed by atoms with van der Waals surface area (Å²) >= 11 is 0. The predicted molar refractivity (Wildman–Crippen MR) is 88.8 cm³/mol. The summed E-state index contributed by atoms with van der Waals surface area (Å²) in [4.78, 5) is 0. The molecule has 3 rings (SSSR count). The van der Waals surface area contributed by atoms with E-state index >= 15 is 0 Å². The second-order valence-corrected chi connectivity index (χ2v) is 6.78. The highest BCUT2D eigenvalue weighted by atomic mass is 16.5. The molecule has 0 saturated heterocycles. The standard InChI is InChI=1S/C19H25NO/c1-19(2)13-7-12-17(18(19)20-3)21-16-11-6-9-14-8-4-5-10-15(14)16/h4-6,8-11,17-18,20H,7,12-13H2,1-3H3. The van der Waals surface area contributed by atoms with Crippen LogP contribution in [-0.2, 0) is 0 Å². The van der Waals surface area contributed by atoms with Gasteiger partial charge < -0.3 is 10.1 Å². The third-order valence-electron chi connectivity index (χ3n) is 4.86. The van der Waals surface area contributed by atoms with Crippen LogP contribution in [-0.4, -0.2) is 19.2 Å². The number of benzene rings is 2. The number of nitrogens with one attached hydrogen (secondary N) is 1. The van der Waals surface area contributed by atoms with E-state index in [9.17, 15) is 0 Å². The number of rotatable bonds is 3. The molecule has 2 heteroatoms. The summed E-state index contributed by atoms with van der Waals surface area (Å²) < 4.78 is 6.45. The second-order valence-electron chi connectivity index (χ2n) is 6.78. The molecule has 112 valence electrons. The molecule has 1 saturated carbocycles. The van der Waals surface area contributed by atoms with Gasteiger partial charge in [0.1, 0.15) is 11.9 Å². The second kappa shape index (κ2) is 5.69. The molecule has 0 heterocycles. The van der Waals surface area contributed by atoms with Crippen molar-refractivity contribution in [2.45, 2.75) is 45.3 Å². The molecule has 1 fully saturated rings. The van der Waals surface area contributed by atoms with Crippen LogP contribution in [0.4, 0.5) is 0 Å². The molecule has 2 nitrogen and oxygen atoms in total. The van der Waals surface area contributed by atoms with Crippen LogP contribution in [0.5, 0.6) is 5.75 Å². The van der Waals surface area contributed by atoms with E-state index in [0.717, 1.165) is 12.2 Å². The molecular weight excluding hydrogens is 258 g/mol. The summed E-state index contributed by atoms with van der Waals surface area (Å²) in [6, 6.07) is 15.2. The Hall–Kier alpha value is -1.54. The van der Waals surface area contributed by atoms with Gasteiger partial charge in [-0.1, -0.05) is 50.2 Å². The highest BCUT2D eigenvalue weighted by Gasteiger charge is 2.39. The number of fused-ring (bicyclic) bond motifs is 1. The molecule has 0 spiro atoms. The van der Waals surface area contributed by atoms with Crippen LogP contribution in [0, 0.1) is 5.41 Å². The van der Waals surface area contributed by atoms with Gasteiger partial charge in [0.15, 0.2) is 0 Å². The Morgan fingerprint density at radius 2 is 1.86 bits per heavy atom. The molecular formula is C19H25NO. The van der Waals surface area contributed by atoms with Gasteiger partial charge in [-0.3, -0.25) is 0 Å². The lowest BCUT2D eigenvalue weighted by Gasteiger charge is -2.43. The van der Waals surface area contributed by atoms with Gasteiger partial charge in [-0.05, 0) is 43.2 Å². The summed E-state index contributed by atoms with van der Waals surface area (Å²) in [5.74, 6) is 1.01. The summed E-state index contributed by atoms with van der Waals surface area (Å²) in [6.07, 6.45) is 3.86. The van der Waals surface area contributed by atoms with E-state index in [1.54, 1.807) is 0 Å². The van der Waals surface area contributed by atoms with E-state index in [0.29, 0.717) is 6.04 Å². The average Bonchev–Trinajstić information content (AvgIpc) is 2.47. The molecule has 0 radical (unpaired) electrons. The van der Waals surface area contributed by atoms with E-state index in [2.05, 4.69) is 68.7 Å². The minimum atomic E-state index is 0.240. The normalized spacial score (nSPS) is 24.9. The fraction of sp³-hybridized carbons (Fsp3) is 0.474. The Balaban J connectivity index is 1.91. The van der Waals surface area contributed by atoms with Crippen LogP contribution in [0.15, 0.2) is 42.5 Å². The molecule has 1 aliphatic rings. The molecule has 21 heavy (non-hydrogen) atoms. The molecule has 2 aromatic rings. The van der Waals surface area contributed by atoms with Crippen LogP contribution in [0.3, 0.4) is 0 Å². The molecule has 0 aliphatic heterocycles. The van der Waals surface area contributed by atoms with Crippen LogP contribution in [0.25, 0.3) is 10.8 Å². The lowest BCUT2D eigenvalue weighted by molar-refractivity contribution is 0.0413. The van der Waals surface area contributed by atoms with Crippen LogP contribution in [0.1, 0.15) is 33.1 Å². The van der Waals surface area contributed by atoms with Crippen molar-refractivity contribution in [2.75, 3.05) is 7.05 Å². The van der Waals surface area contributed by atoms with Crippen molar-refractivity contribution in [3.63, 3.8) is 0 Å². The summed E-state index contributed by atoms with van der Waals surface area (Å²) in [5, 5.41) is 5.94. The summed E-state index contributed by atoms with van der Waals surface area (Å²) in [5.41, 5.74) is 0.280. The first-order chi connectivity index (χ1) is 10.1. The number of likely N-dealkylation sites (N-methyl/N-ethyl adjacent to an activating group) is 1. The van der Waals surface area contributed by atoms with Gasteiger partial charge in [0.05, 0.1) is 0 Å². The highest BCUT2D eigenvalue weighted by Crippen LogP contribution is 2.38. The maximum absolute atomic E-state index is 6.45. The van der Waals surface area contributed by atoms with E-state index in [-0.39, 0.29) is 11.5 Å². The Morgan fingerprint density at radius 1 is 1.10 bits per heavy atom. The van der Waals surface area contributed by atoms with Gasteiger partial charge in [-0.25, -0.2) is 0 Å². The van der Waals surface area contributed by atoms with Crippen LogP contribution < -0.4 is 10.1 Å². The highest BCUT2D eigenvalue weighted by molar-refractivity contribution is 5.88. The summed E-state index contributed by atoms with van der Waals surface area (Å²) in [6.45, 7) is 4.68. The van der Waals surface area contributed by atoms with Crippen molar-refractivity contribution in [1.82, 2.24) is 5.32 Å². The monoisotopic (exact) mass is 283 g/mol. The minimum Gasteiger partial charge on any atom is -0.488 e. The topological polar surface area (TPSA) is 21.3 Å². The number of hydrogen-bond donors (Lipinski definition) is 1. The SMILES string of the molecule is CNC1C(Oc2cccc3ccccc23)CCCC1(C)C. The fourth-order valence-electron chi connectivity index (χ4n) is 3.75. The maximum atomic E-state index is 6.45. The Bertz CT molecular complexity index is 614. The molecule has 2 atom stereocenters. The molecule has 1 N–H and O–H groups in total. The van der Waals surface area contributed by atoms with Crippen LogP contribution >= 0.6 is 0 Å². The Labute approximate surface area is 127 Å². The van der Waals surface area contributed by atoms with E-state index in [1.165, 1.54) is 23.6 Å². The van der Waals surface area contributed by atoms with Gasteiger partial charge in [0.2, 0.25) is 0 Å². The predicted octanol–water partition coefficient (Wildman–Crippen LogP) is 4.39. The van der Waals surface area contributed by atoms with Crippen molar-refractivity contribution in [3.8, 4) is 5.75 Å². The zero-order valence-corrected chi connectivity index (χ0v) is 13.2. The first-order valence-electron chi connectivity index (χ1n) is 7.93. The Kier molecular flexibility index (Phi) is 3.90. The first kappa shape index (κ1) is 14.4. The smallest absolute Gasteiger partial charge is 0.127 e. The Morgan fingerprint density at radius 3 is 2.67 bits per heavy atom. The molecule has 0 amide bonds. The molecule has 0 aromatic heterocycles. The quantitative estimate of drug-likeness (QED) is 0.902.